The van der Waals surface area contributed by atoms with Gasteiger partial charge in [0.05, 0.1) is 12.0 Å². The highest BCUT2D eigenvalue weighted by Gasteiger charge is 2.24. The van der Waals surface area contributed by atoms with Gasteiger partial charge < -0.3 is 13.9 Å². The van der Waals surface area contributed by atoms with E-state index < -0.39 is 11.9 Å². The van der Waals surface area contributed by atoms with E-state index in [-0.39, 0.29) is 17.8 Å². The summed E-state index contributed by atoms with van der Waals surface area (Å²) in [5, 5.41) is 0.403. The second kappa shape index (κ2) is 7.75. The molecule has 0 fully saturated rings. The molecule has 0 spiro atoms. The van der Waals surface area contributed by atoms with Gasteiger partial charge in [-0.25, -0.2) is 9.59 Å². The molecule has 0 unspecified atom stereocenters. The van der Waals surface area contributed by atoms with Crippen LogP contribution >= 0.6 is 0 Å². The average molecular weight is 390 g/mol. The summed E-state index contributed by atoms with van der Waals surface area (Å²) < 4.78 is 15.7. The SMILES string of the molecule is CCOC(=O)C(=O)Oc1ccc2c(=O)c3c(oc2c1)C(=Cc1ccccc1)CC3. The van der Waals surface area contributed by atoms with Gasteiger partial charge >= 0.3 is 11.9 Å². The number of allylic oxidation sites excluding steroid dienone is 1. The molecule has 1 aliphatic rings. The van der Waals surface area contributed by atoms with Gasteiger partial charge in [-0.2, -0.15) is 0 Å². The molecule has 6 heteroatoms. The Bertz CT molecular complexity index is 1190. The number of ether oxygens (including phenoxy) is 2. The second-order valence-corrected chi connectivity index (χ2v) is 6.59. The van der Waals surface area contributed by atoms with Crippen molar-refractivity contribution in [2.45, 2.75) is 19.8 Å². The molecule has 0 saturated heterocycles. The van der Waals surface area contributed by atoms with Crippen molar-refractivity contribution in [1.29, 1.82) is 0 Å². The summed E-state index contributed by atoms with van der Waals surface area (Å²) in [4.78, 5) is 36.1. The summed E-state index contributed by atoms with van der Waals surface area (Å²) >= 11 is 0. The van der Waals surface area contributed by atoms with E-state index in [1.807, 2.05) is 36.4 Å². The van der Waals surface area contributed by atoms with Crippen LogP contribution in [0.2, 0.25) is 0 Å². The summed E-state index contributed by atoms with van der Waals surface area (Å²) in [5.41, 5.74) is 2.81. The predicted molar refractivity (Wildman–Crippen MR) is 107 cm³/mol. The molecule has 1 heterocycles. The first kappa shape index (κ1) is 18.7. The number of carbonyl (C=O) groups is 2. The van der Waals surface area contributed by atoms with Crippen LogP contribution in [0, 0.1) is 0 Å². The van der Waals surface area contributed by atoms with E-state index in [1.165, 1.54) is 18.2 Å². The summed E-state index contributed by atoms with van der Waals surface area (Å²) in [6.07, 6.45) is 3.33. The molecule has 0 atom stereocenters. The standard InChI is InChI=1S/C23H18O6/c1-2-27-22(25)23(26)28-16-9-11-17-19(13-16)29-21-15(8-10-18(21)20(17)24)12-14-6-4-3-5-7-14/h3-7,9,11-13H,2,8,10H2,1H3. The number of rotatable bonds is 3. The molecule has 29 heavy (non-hydrogen) atoms. The van der Waals surface area contributed by atoms with E-state index in [0.717, 1.165) is 11.1 Å². The van der Waals surface area contributed by atoms with E-state index >= 15 is 0 Å². The molecule has 1 aromatic heterocycles. The number of hydrogen-bond donors (Lipinski definition) is 0. The predicted octanol–water partition coefficient (Wildman–Crippen LogP) is 3.75. The molecule has 2 aromatic carbocycles. The van der Waals surface area contributed by atoms with Crippen LogP contribution in [0.4, 0.5) is 0 Å². The van der Waals surface area contributed by atoms with Gasteiger partial charge in [0, 0.05) is 11.6 Å². The highest BCUT2D eigenvalue weighted by molar-refractivity contribution is 6.30. The van der Waals surface area contributed by atoms with Crippen molar-refractivity contribution >= 4 is 34.6 Å². The van der Waals surface area contributed by atoms with Crippen molar-refractivity contribution in [2.24, 2.45) is 0 Å². The van der Waals surface area contributed by atoms with Crippen molar-refractivity contribution < 1.29 is 23.5 Å². The van der Waals surface area contributed by atoms with Crippen molar-refractivity contribution in [1.82, 2.24) is 0 Å². The minimum Gasteiger partial charge on any atom is -0.458 e. The van der Waals surface area contributed by atoms with Crippen molar-refractivity contribution in [3.8, 4) is 5.75 Å². The summed E-state index contributed by atoms with van der Waals surface area (Å²) in [7, 11) is 0. The Morgan fingerprint density at radius 3 is 2.62 bits per heavy atom. The number of fused-ring (bicyclic) bond motifs is 2. The quantitative estimate of drug-likeness (QED) is 0.385. The maximum absolute atomic E-state index is 12.9. The minimum absolute atomic E-state index is 0.0726. The molecule has 4 rings (SSSR count). The van der Waals surface area contributed by atoms with Crippen molar-refractivity contribution in [3.05, 3.63) is 75.6 Å². The fourth-order valence-electron chi connectivity index (χ4n) is 3.36. The van der Waals surface area contributed by atoms with Crippen molar-refractivity contribution in [3.63, 3.8) is 0 Å². The molecule has 3 aromatic rings. The second-order valence-electron chi connectivity index (χ2n) is 6.59. The minimum atomic E-state index is -1.13. The lowest BCUT2D eigenvalue weighted by atomic mass is 10.1. The molecule has 0 amide bonds. The smallest absolute Gasteiger partial charge is 0.422 e. The van der Waals surface area contributed by atoms with Gasteiger partial charge in [-0.05, 0) is 49.1 Å². The van der Waals surface area contributed by atoms with E-state index in [9.17, 15) is 14.4 Å². The Balaban J connectivity index is 1.72. The Kier molecular flexibility index (Phi) is 4.99. The Morgan fingerprint density at radius 2 is 1.86 bits per heavy atom. The molecule has 6 nitrogen and oxygen atoms in total. The Hall–Kier alpha value is -3.67. The summed E-state index contributed by atoms with van der Waals surface area (Å²) in [5.74, 6) is -1.54. The highest BCUT2D eigenvalue weighted by atomic mass is 16.6. The molecular weight excluding hydrogens is 372 g/mol. The molecule has 0 aliphatic heterocycles. The first-order chi connectivity index (χ1) is 14.1. The normalized spacial score (nSPS) is 14.0. The largest absolute Gasteiger partial charge is 0.458 e. The van der Waals surface area contributed by atoms with Crippen LogP contribution in [0.1, 0.15) is 30.2 Å². The molecule has 0 radical (unpaired) electrons. The first-order valence-electron chi connectivity index (χ1n) is 9.31. The molecule has 1 aliphatic carbocycles. The van der Waals surface area contributed by atoms with Crippen molar-refractivity contribution in [2.75, 3.05) is 6.61 Å². The highest BCUT2D eigenvalue weighted by Crippen LogP contribution is 2.34. The lowest BCUT2D eigenvalue weighted by Crippen LogP contribution is -2.22. The van der Waals surface area contributed by atoms with Gasteiger partial charge in [-0.1, -0.05) is 30.3 Å². The van der Waals surface area contributed by atoms with Crippen LogP contribution in [0.25, 0.3) is 22.6 Å². The van der Waals surface area contributed by atoms with Crippen LogP contribution in [0.3, 0.4) is 0 Å². The van der Waals surface area contributed by atoms with Gasteiger partial charge in [0.25, 0.3) is 0 Å². The maximum Gasteiger partial charge on any atom is 0.422 e. The number of benzene rings is 2. The topological polar surface area (TPSA) is 82.8 Å². The summed E-state index contributed by atoms with van der Waals surface area (Å²) in [6, 6.07) is 14.2. The Labute approximate surface area is 166 Å². The van der Waals surface area contributed by atoms with Crippen LogP contribution in [-0.4, -0.2) is 18.5 Å². The first-order valence-corrected chi connectivity index (χ1v) is 9.31. The zero-order valence-electron chi connectivity index (χ0n) is 15.8. The number of carbonyl (C=O) groups excluding carboxylic acids is 2. The summed E-state index contributed by atoms with van der Waals surface area (Å²) in [6.45, 7) is 1.67. The Morgan fingerprint density at radius 1 is 1.07 bits per heavy atom. The molecule has 0 N–H and O–H groups in total. The molecule has 146 valence electrons. The average Bonchev–Trinajstić information content (AvgIpc) is 3.11. The third-order valence-electron chi connectivity index (χ3n) is 4.69. The van der Waals surface area contributed by atoms with Gasteiger partial charge in [0.15, 0.2) is 5.43 Å². The fraction of sp³-hybridized carbons (Fsp3) is 0.174. The molecular formula is C23H18O6. The van der Waals surface area contributed by atoms with Crippen LogP contribution in [0.5, 0.6) is 5.75 Å². The van der Waals surface area contributed by atoms with Crippen LogP contribution in [-0.2, 0) is 20.7 Å². The molecule has 0 bridgehead atoms. The van der Waals surface area contributed by atoms with E-state index in [0.29, 0.717) is 35.1 Å². The lowest BCUT2D eigenvalue weighted by molar-refractivity contribution is -0.161. The van der Waals surface area contributed by atoms with E-state index in [4.69, 9.17) is 9.15 Å². The molecule has 0 saturated carbocycles. The monoisotopic (exact) mass is 390 g/mol. The van der Waals surface area contributed by atoms with Crippen LogP contribution < -0.4 is 10.2 Å². The number of esters is 2. The maximum atomic E-state index is 12.9. The number of hydrogen-bond acceptors (Lipinski definition) is 6. The zero-order valence-corrected chi connectivity index (χ0v) is 15.8. The van der Waals surface area contributed by atoms with E-state index in [1.54, 1.807) is 6.92 Å². The third kappa shape index (κ3) is 3.69. The van der Waals surface area contributed by atoms with Gasteiger partial charge in [0.1, 0.15) is 17.1 Å². The zero-order chi connectivity index (χ0) is 20.4. The van der Waals surface area contributed by atoms with Gasteiger partial charge in [0.2, 0.25) is 0 Å². The lowest BCUT2D eigenvalue weighted by Gasteiger charge is -2.07. The van der Waals surface area contributed by atoms with Gasteiger partial charge in [-0.3, -0.25) is 4.79 Å². The van der Waals surface area contributed by atoms with Crippen LogP contribution in [0.15, 0.2) is 57.7 Å². The third-order valence-corrected chi connectivity index (χ3v) is 4.69. The van der Waals surface area contributed by atoms with E-state index in [2.05, 4.69) is 4.74 Å². The fourth-order valence-corrected chi connectivity index (χ4v) is 3.36. The van der Waals surface area contributed by atoms with Gasteiger partial charge in [-0.15, -0.1) is 0 Å².